The number of pyridine rings is 1. The number of nitro benzene ring substituents is 1. The van der Waals surface area contributed by atoms with E-state index in [9.17, 15) is 14.9 Å². The van der Waals surface area contributed by atoms with E-state index in [2.05, 4.69) is 10.3 Å². The van der Waals surface area contributed by atoms with Crippen LogP contribution in [-0.2, 0) is 4.79 Å². The molecule has 7 nitrogen and oxygen atoms in total. The summed E-state index contributed by atoms with van der Waals surface area (Å²) in [4.78, 5) is 26.0. The van der Waals surface area contributed by atoms with Crippen molar-refractivity contribution in [1.82, 2.24) is 4.98 Å². The van der Waals surface area contributed by atoms with Gasteiger partial charge in [-0.2, -0.15) is 0 Å². The Bertz CT molecular complexity index is 673. The van der Waals surface area contributed by atoms with Crippen molar-refractivity contribution >= 4 is 29.0 Å². The van der Waals surface area contributed by atoms with Gasteiger partial charge in [-0.25, -0.2) is 4.98 Å². The number of rotatable bonds is 5. The average molecular weight is 322 g/mol. The maximum atomic E-state index is 12.0. The van der Waals surface area contributed by atoms with Crippen molar-refractivity contribution in [2.75, 3.05) is 5.32 Å². The van der Waals surface area contributed by atoms with E-state index in [-0.39, 0.29) is 5.69 Å². The number of anilines is 1. The maximum Gasteiger partial charge on any atom is 0.269 e. The fourth-order valence-electron chi connectivity index (χ4n) is 1.58. The van der Waals surface area contributed by atoms with Crippen LogP contribution in [0.4, 0.5) is 11.5 Å². The minimum Gasteiger partial charge on any atom is -0.481 e. The van der Waals surface area contributed by atoms with Crippen molar-refractivity contribution in [3.05, 3.63) is 57.7 Å². The van der Waals surface area contributed by atoms with Gasteiger partial charge in [-0.1, -0.05) is 11.6 Å². The Morgan fingerprint density at radius 1 is 1.32 bits per heavy atom. The summed E-state index contributed by atoms with van der Waals surface area (Å²) in [7, 11) is 0. The Balaban J connectivity index is 1.95. The molecule has 0 unspecified atom stereocenters. The lowest BCUT2D eigenvalue weighted by Crippen LogP contribution is -2.30. The highest BCUT2D eigenvalue weighted by Crippen LogP contribution is 2.18. The average Bonchev–Trinajstić information content (AvgIpc) is 2.50. The first-order valence-corrected chi connectivity index (χ1v) is 6.67. The first kappa shape index (κ1) is 15.7. The molecule has 1 atom stereocenters. The largest absolute Gasteiger partial charge is 0.481 e. The van der Waals surface area contributed by atoms with Gasteiger partial charge in [-0.05, 0) is 31.2 Å². The van der Waals surface area contributed by atoms with Gasteiger partial charge in [0.1, 0.15) is 11.6 Å². The van der Waals surface area contributed by atoms with E-state index in [0.29, 0.717) is 16.6 Å². The topological polar surface area (TPSA) is 94.4 Å². The Kier molecular flexibility index (Phi) is 4.90. The van der Waals surface area contributed by atoms with Crippen LogP contribution in [0, 0.1) is 10.1 Å². The Morgan fingerprint density at radius 2 is 2.00 bits per heavy atom. The summed E-state index contributed by atoms with van der Waals surface area (Å²) in [5.41, 5.74) is -0.0465. The second-order valence-corrected chi connectivity index (χ2v) is 4.80. The number of nitrogens with zero attached hydrogens (tertiary/aromatic N) is 2. The summed E-state index contributed by atoms with van der Waals surface area (Å²) in [6, 6.07) is 8.65. The molecule has 1 aromatic carbocycles. The molecule has 0 saturated heterocycles. The van der Waals surface area contributed by atoms with Crippen LogP contribution in [0.2, 0.25) is 5.02 Å². The van der Waals surface area contributed by atoms with E-state index in [1.165, 1.54) is 30.5 Å². The third-order valence-electron chi connectivity index (χ3n) is 2.71. The summed E-state index contributed by atoms with van der Waals surface area (Å²) < 4.78 is 5.42. The highest BCUT2D eigenvalue weighted by atomic mass is 35.5. The molecule has 1 N–H and O–H groups in total. The fraction of sp³-hybridized carbons (Fsp3) is 0.143. The summed E-state index contributed by atoms with van der Waals surface area (Å²) in [5.74, 6) is 0.319. The van der Waals surface area contributed by atoms with Crippen molar-refractivity contribution in [3.63, 3.8) is 0 Å². The molecule has 1 aromatic heterocycles. The molecule has 2 aromatic rings. The van der Waals surface area contributed by atoms with Crippen LogP contribution in [0.5, 0.6) is 5.75 Å². The lowest BCUT2D eigenvalue weighted by Gasteiger charge is -2.14. The molecule has 0 saturated carbocycles. The SMILES string of the molecule is C[C@@H](Oc1ccc([N+](=O)[O-])cc1)C(=O)Nc1ccc(Cl)cn1. The summed E-state index contributed by atoms with van der Waals surface area (Å²) >= 11 is 5.71. The molecule has 0 aliphatic rings. The van der Waals surface area contributed by atoms with E-state index < -0.39 is 16.9 Å². The second kappa shape index (κ2) is 6.86. The first-order chi connectivity index (χ1) is 10.5. The zero-order chi connectivity index (χ0) is 16.1. The standard InChI is InChI=1S/C14H12ClN3O4/c1-9(14(19)17-13-7-2-10(15)8-16-13)22-12-5-3-11(4-6-12)18(20)21/h2-9H,1H3,(H,16,17,19)/t9-/m1/s1. The molecule has 0 fully saturated rings. The molecule has 8 heteroatoms. The van der Waals surface area contributed by atoms with Crippen LogP contribution >= 0.6 is 11.6 Å². The molecule has 114 valence electrons. The number of halogens is 1. The van der Waals surface area contributed by atoms with Crippen LogP contribution in [-0.4, -0.2) is 21.9 Å². The number of aromatic nitrogens is 1. The molecule has 0 aliphatic heterocycles. The minimum atomic E-state index is -0.793. The van der Waals surface area contributed by atoms with Crippen LogP contribution in [0.3, 0.4) is 0 Å². The van der Waals surface area contributed by atoms with Crippen molar-refractivity contribution in [2.45, 2.75) is 13.0 Å². The number of carbonyl (C=O) groups is 1. The molecule has 0 aliphatic carbocycles. The number of amides is 1. The molecule has 1 amide bonds. The summed E-state index contributed by atoms with van der Waals surface area (Å²) in [6.07, 6.45) is 0.623. The molecule has 2 rings (SSSR count). The Labute approximate surface area is 131 Å². The van der Waals surface area contributed by atoms with E-state index >= 15 is 0 Å². The van der Waals surface area contributed by atoms with Crippen LogP contribution in [0.15, 0.2) is 42.6 Å². The van der Waals surface area contributed by atoms with Gasteiger partial charge in [-0.3, -0.25) is 14.9 Å². The molecule has 0 radical (unpaired) electrons. The van der Waals surface area contributed by atoms with Crippen LogP contribution < -0.4 is 10.1 Å². The van der Waals surface area contributed by atoms with Gasteiger partial charge in [-0.15, -0.1) is 0 Å². The zero-order valence-electron chi connectivity index (χ0n) is 11.5. The van der Waals surface area contributed by atoms with Gasteiger partial charge in [0, 0.05) is 18.3 Å². The number of ether oxygens (including phenoxy) is 1. The molecule has 22 heavy (non-hydrogen) atoms. The van der Waals surface area contributed by atoms with Crippen LogP contribution in [0.25, 0.3) is 0 Å². The van der Waals surface area contributed by atoms with Gasteiger partial charge < -0.3 is 10.1 Å². The lowest BCUT2D eigenvalue weighted by molar-refractivity contribution is -0.384. The number of hydrogen-bond donors (Lipinski definition) is 1. The van der Waals surface area contributed by atoms with Gasteiger partial charge in [0.05, 0.1) is 9.95 Å². The number of carbonyl (C=O) groups excluding carboxylic acids is 1. The van der Waals surface area contributed by atoms with Gasteiger partial charge in [0.2, 0.25) is 0 Å². The Morgan fingerprint density at radius 3 is 2.55 bits per heavy atom. The number of hydrogen-bond acceptors (Lipinski definition) is 5. The van der Waals surface area contributed by atoms with E-state index in [1.807, 2.05) is 0 Å². The van der Waals surface area contributed by atoms with Crippen molar-refractivity contribution in [1.29, 1.82) is 0 Å². The normalized spacial score (nSPS) is 11.5. The number of nitrogens with one attached hydrogen (secondary N) is 1. The monoisotopic (exact) mass is 321 g/mol. The van der Waals surface area contributed by atoms with E-state index in [0.717, 1.165) is 0 Å². The molecule has 0 spiro atoms. The summed E-state index contributed by atoms with van der Waals surface area (Å²) in [5, 5.41) is 13.6. The number of nitro groups is 1. The predicted octanol–water partition coefficient (Wildman–Crippen LogP) is 3.05. The third kappa shape index (κ3) is 4.16. The predicted molar refractivity (Wildman–Crippen MR) is 81.1 cm³/mol. The van der Waals surface area contributed by atoms with Crippen LogP contribution in [0.1, 0.15) is 6.92 Å². The maximum absolute atomic E-state index is 12.0. The Hall–Kier alpha value is -2.67. The highest BCUT2D eigenvalue weighted by Gasteiger charge is 2.16. The number of benzene rings is 1. The van der Waals surface area contributed by atoms with Gasteiger partial charge >= 0.3 is 0 Å². The zero-order valence-corrected chi connectivity index (χ0v) is 12.3. The van der Waals surface area contributed by atoms with Crippen molar-refractivity contribution in [3.8, 4) is 5.75 Å². The van der Waals surface area contributed by atoms with Gasteiger partial charge in [0.15, 0.2) is 6.10 Å². The van der Waals surface area contributed by atoms with Gasteiger partial charge in [0.25, 0.3) is 11.6 Å². The summed E-state index contributed by atoms with van der Waals surface area (Å²) in [6.45, 7) is 1.56. The molecule has 1 heterocycles. The van der Waals surface area contributed by atoms with Crippen molar-refractivity contribution < 1.29 is 14.5 Å². The minimum absolute atomic E-state index is 0.0465. The molecular weight excluding hydrogens is 310 g/mol. The molecular formula is C14H12ClN3O4. The number of non-ortho nitro benzene ring substituents is 1. The third-order valence-corrected chi connectivity index (χ3v) is 2.93. The highest BCUT2D eigenvalue weighted by molar-refractivity contribution is 6.30. The smallest absolute Gasteiger partial charge is 0.269 e. The van der Waals surface area contributed by atoms with E-state index in [1.54, 1.807) is 19.1 Å². The quantitative estimate of drug-likeness (QED) is 0.674. The lowest BCUT2D eigenvalue weighted by atomic mass is 10.3. The van der Waals surface area contributed by atoms with E-state index in [4.69, 9.17) is 16.3 Å². The fourth-order valence-corrected chi connectivity index (χ4v) is 1.69. The van der Waals surface area contributed by atoms with Crippen molar-refractivity contribution in [2.24, 2.45) is 0 Å². The second-order valence-electron chi connectivity index (χ2n) is 4.36. The first-order valence-electron chi connectivity index (χ1n) is 6.29. The molecule has 0 bridgehead atoms.